The van der Waals surface area contributed by atoms with E-state index >= 15 is 0 Å². The molecule has 1 heterocycles. The van der Waals surface area contributed by atoms with Gasteiger partial charge in [-0.1, -0.05) is 28.1 Å². The van der Waals surface area contributed by atoms with Gasteiger partial charge in [-0.05, 0) is 62.5 Å². The number of halogens is 3. The van der Waals surface area contributed by atoms with Gasteiger partial charge in [-0.2, -0.15) is 0 Å². The van der Waals surface area contributed by atoms with E-state index in [2.05, 4.69) is 53.1 Å². The Balaban J connectivity index is 2.08. The first-order valence-corrected chi connectivity index (χ1v) is 8.68. The highest BCUT2D eigenvalue weighted by Gasteiger charge is 2.15. The lowest BCUT2D eigenvalue weighted by atomic mass is 10.1. The largest absolute Gasteiger partial charge is 0.345 e. The highest BCUT2D eigenvalue weighted by atomic mass is 79.9. The molecule has 0 bridgehead atoms. The van der Waals surface area contributed by atoms with Gasteiger partial charge in [-0.25, -0.2) is 0 Å². The van der Waals surface area contributed by atoms with Gasteiger partial charge in [0, 0.05) is 8.95 Å². The van der Waals surface area contributed by atoms with Crippen molar-refractivity contribution in [3.63, 3.8) is 0 Å². The fourth-order valence-corrected chi connectivity index (χ4v) is 3.76. The molecule has 1 atom stereocenters. The summed E-state index contributed by atoms with van der Waals surface area (Å²) >= 11 is 11.6. The van der Waals surface area contributed by atoms with E-state index in [1.807, 2.05) is 37.3 Å². The molecule has 2 aromatic rings. The fourth-order valence-electron chi connectivity index (χ4n) is 1.56. The predicted octanol–water partition coefficient (Wildman–Crippen LogP) is 5.53. The third-order valence-electron chi connectivity index (χ3n) is 2.59. The first-order valence-electron chi connectivity index (χ1n) is 5.48. The summed E-state index contributed by atoms with van der Waals surface area (Å²) in [7, 11) is 0. The molecule has 0 aliphatic rings. The summed E-state index contributed by atoms with van der Waals surface area (Å²) in [4.78, 5) is 12.8. The molecular formula is C13H10Br3NOS. The van der Waals surface area contributed by atoms with Crippen molar-refractivity contribution < 1.29 is 4.79 Å². The zero-order valence-electron chi connectivity index (χ0n) is 9.91. The lowest BCUT2D eigenvalue weighted by Gasteiger charge is -2.13. The molecule has 0 aliphatic heterocycles. The summed E-state index contributed by atoms with van der Waals surface area (Å²) in [5, 5.41) is 2.99. The van der Waals surface area contributed by atoms with Crippen molar-refractivity contribution in [1.29, 1.82) is 0 Å². The molecule has 1 aromatic heterocycles. The van der Waals surface area contributed by atoms with Crippen LogP contribution in [0.25, 0.3) is 0 Å². The van der Waals surface area contributed by atoms with E-state index < -0.39 is 0 Å². The Labute approximate surface area is 141 Å². The van der Waals surface area contributed by atoms with Gasteiger partial charge in [0.05, 0.1) is 14.7 Å². The van der Waals surface area contributed by atoms with Crippen LogP contribution < -0.4 is 5.32 Å². The molecule has 2 nitrogen and oxygen atoms in total. The lowest BCUT2D eigenvalue weighted by Crippen LogP contribution is -2.25. The number of carbonyl (C=O) groups is 1. The van der Waals surface area contributed by atoms with Gasteiger partial charge in [0.15, 0.2) is 0 Å². The zero-order valence-corrected chi connectivity index (χ0v) is 15.5. The Kier molecular flexibility index (Phi) is 5.22. The average molecular weight is 468 g/mol. The van der Waals surface area contributed by atoms with Crippen molar-refractivity contribution in [1.82, 2.24) is 5.32 Å². The van der Waals surface area contributed by atoms with Crippen molar-refractivity contribution in [3.8, 4) is 0 Å². The zero-order chi connectivity index (χ0) is 14.0. The number of nitrogens with one attached hydrogen (secondary N) is 1. The smallest absolute Gasteiger partial charge is 0.261 e. The number of hydrogen-bond donors (Lipinski definition) is 1. The number of benzene rings is 1. The number of amides is 1. The molecule has 0 aliphatic carbocycles. The SMILES string of the molecule is C[C@@H](NC(=O)c1cc(Br)c(Br)s1)c1ccc(Br)cc1. The third-order valence-corrected chi connectivity index (χ3v) is 6.37. The van der Waals surface area contributed by atoms with Crippen molar-refractivity contribution in [3.05, 3.63) is 53.5 Å². The summed E-state index contributed by atoms with van der Waals surface area (Å²) in [5.74, 6) is -0.0631. The van der Waals surface area contributed by atoms with Gasteiger partial charge in [-0.15, -0.1) is 11.3 Å². The number of hydrogen-bond acceptors (Lipinski definition) is 2. The molecule has 0 fully saturated rings. The average Bonchev–Trinajstić information content (AvgIpc) is 2.70. The van der Waals surface area contributed by atoms with Gasteiger partial charge < -0.3 is 5.32 Å². The Morgan fingerprint density at radius 3 is 2.37 bits per heavy atom. The van der Waals surface area contributed by atoms with Crippen LogP contribution in [-0.2, 0) is 0 Å². The molecular weight excluding hydrogens is 458 g/mol. The molecule has 0 unspecified atom stereocenters. The Morgan fingerprint density at radius 1 is 1.21 bits per heavy atom. The van der Waals surface area contributed by atoms with E-state index in [0.717, 1.165) is 18.3 Å². The normalized spacial score (nSPS) is 12.2. The summed E-state index contributed by atoms with van der Waals surface area (Å²) in [5.41, 5.74) is 1.08. The highest BCUT2D eigenvalue weighted by molar-refractivity contribution is 9.13. The first-order chi connectivity index (χ1) is 8.97. The molecule has 1 N–H and O–H groups in total. The first kappa shape index (κ1) is 15.2. The number of rotatable bonds is 3. The van der Waals surface area contributed by atoms with Crippen molar-refractivity contribution >= 4 is 65.0 Å². The van der Waals surface area contributed by atoms with Gasteiger partial charge in [-0.3, -0.25) is 4.79 Å². The highest BCUT2D eigenvalue weighted by Crippen LogP contribution is 2.32. The molecule has 100 valence electrons. The number of thiophene rings is 1. The van der Waals surface area contributed by atoms with Crippen LogP contribution in [0.5, 0.6) is 0 Å². The lowest BCUT2D eigenvalue weighted by molar-refractivity contribution is 0.0944. The summed E-state index contributed by atoms with van der Waals surface area (Å²) in [6.07, 6.45) is 0. The predicted molar refractivity (Wildman–Crippen MR) is 89.7 cm³/mol. The van der Waals surface area contributed by atoms with Gasteiger partial charge in [0.1, 0.15) is 0 Å². The Bertz CT molecular complexity index is 575. The standard InChI is InChI=1S/C13H10Br3NOS/c1-7(8-2-4-9(14)5-3-8)17-13(18)11-6-10(15)12(16)19-11/h2-7H,1H3,(H,17,18)/t7-/m1/s1. The molecule has 0 saturated carbocycles. The third kappa shape index (κ3) is 3.90. The molecule has 19 heavy (non-hydrogen) atoms. The van der Waals surface area contributed by atoms with Crippen molar-refractivity contribution in [2.75, 3.05) is 0 Å². The van der Waals surface area contributed by atoms with E-state index in [0.29, 0.717) is 4.88 Å². The van der Waals surface area contributed by atoms with Crippen LogP contribution in [0.2, 0.25) is 0 Å². The quantitative estimate of drug-likeness (QED) is 0.632. The summed E-state index contributed by atoms with van der Waals surface area (Å²) in [6, 6.07) is 9.72. The molecule has 1 aromatic carbocycles. The van der Waals surface area contributed by atoms with Crippen LogP contribution in [0.3, 0.4) is 0 Å². The van der Waals surface area contributed by atoms with E-state index in [4.69, 9.17) is 0 Å². The van der Waals surface area contributed by atoms with Gasteiger partial charge >= 0.3 is 0 Å². The molecule has 0 spiro atoms. The Hall–Kier alpha value is -0.170. The summed E-state index contributed by atoms with van der Waals surface area (Å²) in [6.45, 7) is 1.97. The summed E-state index contributed by atoms with van der Waals surface area (Å²) < 4.78 is 2.86. The fraction of sp³-hybridized carbons (Fsp3) is 0.154. The number of carbonyl (C=O) groups excluding carboxylic acids is 1. The minimum Gasteiger partial charge on any atom is -0.345 e. The van der Waals surface area contributed by atoms with Crippen LogP contribution in [0.4, 0.5) is 0 Å². The second-order valence-electron chi connectivity index (χ2n) is 3.98. The van der Waals surface area contributed by atoms with Gasteiger partial charge in [0.2, 0.25) is 0 Å². The second kappa shape index (κ2) is 6.52. The molecule has 0 radical (unpaired) electrons. The van der Waals surface area contributed by atoms with Crippen molar-refractivity contribution in [2.24, 2.45) is 0 Å². The topological polar surface area (TPSA) is 29.1 Å². The maximum atomic E-state index is 12.1. The van der Waals surface area contributed by atoms with Crippen LogP contribution in [0.15, 0.2) is 43.1 Å². The van der Waals surface area contributed by atoms with Crippen LogP contribution in [0, 0.1) is 0 Å². The molecule has 1 amide bonds. The maximum Gasteiger partial charge on any atom is 0.261 e. The minimum absolute atomic E-state index is 0.0275. The molecule has 6 heteroatoms. The molecule has 0 saturated heterocycles. The van der Waals surface area contributed by atoms with E-state index in [1.54, 1.807) is 0 Å². The van der Waals surface area contributed by atoms with Crippen LogP contribution >= 0.6 is 59.1 Å². The Morgan fingerprint density at radius 2 is 1.84 bits per heavy atom. The molecule has 2 rings (SSSR count). The van der Waals surface area contributed by atoms with Crippen LogP contribution in [-0.4, -0.2) is 5.91 Å². The minimum atomic E-state index is -0.0631. The monoisotopic (exact) mass is 465 g/mol. The van der Waals surface area contributed by atoms with Gasteiger partial charge in [0.25, 0.3) is 5.91 Å². The van der Waals surface area contributed by atoms with E-state index in [-0.39, 0.29) is 11.9 Å². The van der Waals surface area contributed by atoms with E-state index in [9.17, 15) is 4.79 Å². The van der Waals surface area contributed by atoms with Crippen LogP contribution in [0.1, 0.15) is 28.2 Å². The van der Waals surface area contributed by atoms with E-state index in [1.165, 1.54) is 11.3 Å². The maximum absolute atomic E-state index is 12.1. The second-order valence-corrected chi connectivity index (χ2v) is 8.12. The van der Waals surface area contributed by atoms with Crippen molar-refractivity contribution in [2.45, 2.75) is 13.0 Å².